The largest absolute Gasteiger partial charge is 0.328 e. The Morgan fingerprint density at radius 2 is 1.80 bits per heavy atom. The van der Waals surface area contributed by atoms with Gasteiger partial charge in [0, 0.05) is 18.6 Å². The van der Waals surface area contributed by atoms with Gasteiger partial charge >= 0.3 is 0 Å². The van der Waals surface area contributed by atoms with Gasteiger partial charge in [0.15, 0.2) is 0 Å². The van der Waals surface area contributed by atoms with Crippen LogP contribution in [0.25, 0.3) is 0 Å². The van der Waals surface area contributed by atoms with E-state index in [1.54, 1.807) is 11.1 Å². The molecule has 0 amide bonds. The van der Waals surface area contributed by atoms with Crippen molar-refractivity contribution in [1.29, 1.82) is 0 Å². The van der Waals surface area contributed by atoms with Gasteiger partial charge in [-0.1, -0.05) is 38.1 Å². The second kappa shape index (κ2) is 5.50. The summed E-state index contributed by atoms with van der Waals surface area (Å²) in [5, 5.41) is 3.68. The fourth-order valence-electron chi connectivity index (χ4n) is 3.18. The molecule has 0 radical (unpaired) electrons. The predicted octanol–water partition coefficient (Wildman–Crippen LogP) is 3.31. The van der Waals surface area contributed by atoms with Crippen LogP contribution in [0.1, 0.15) is 63.0 Å². The van der Waals surface area contributed by atoms with Crippen LogP contribution in [0.5, 0.6) is 0 Å². The summed E-state index contributed by atoms with van der Waals surface area (Å²) in [6.07, 6.45) is 6.60. The minimum atomic E-state index is 0.368. The van der Waals surface area contributed by atoms with E-state index in [1.165, 1.54) is 38.6 Å². The molecule has 1 atom stereocenters. The van der Waals surface area contributed by atoms with Crippen LogP contribution in [0.4, 0.5) is 0 Å². The SMILES string of the molecule is CC1(C)CC(CNC2CC2)c2ccccc21.NC1CC1. The molecule has 1 aromatic carbocycles. The zero-order chi connectivity index (χ0) is 14.2. The average Bonchev–Trinajstić information content (AvgIpc) is 3.33. The topological polar surface area (TPSA) is 38.0 Å². The molecule has 2 saturated carbocycles. The molecule has 110 valence electrons. The Hall–Kier alpha value is -0.860. The fraction of sp³-hybridized carbons (Fsp3) is 0.667. The number of nitrogens with one attached hydrogen (secondary N) is 1. The first-order valence-electron chi connectivity index (χ1n) is 8.14. The molecule has 3 aliphatic carbocycles. The lowest BCUT2D eigenvalue weighted by atomic mass is 9.86. The number of rotatable bonds is 3. The van der Waals surface area contributed by atoms with Crippen LogP contribution in [0, 0.1) is 0 Å². The fourth-order valence-corrected chi connectivity index (χ4v) is 3.18. The van der Waals surface area contributed by atoms with Crippen LogP contribution in [0.15, 0.2) is 24.3 Å². The van der Waals surface area contributed by atoms with Crippen molar-refractivity contribution < 1.29 is 0 Å². The van der Waals surface area contributed by atoms with Gasteiger partial charge in [-0.2, -0.15) is 0 Å². The average molecular weight is 272 g/mol. The maximum atomic E-state index is 5.22. The Labute approximate surface area is 123 Å². The van der Waals surface area contributed by atoms with Gasteiger partial charge in [0.1, 0.15) is 0 Å². The zero-order valence-corrected chi connectivity index (χ0v) is 12.9. The van der Waals surface area contributed by atoms with E-state index in [0.717, 1.165) is 12.0 Å². The number of hydrogen-bond acceptors (Lipinski definition) is 2. The highest BCUT2D eigenvalue weighted by Crippen LogP contribution is 2.45. The van der Waals surface area contributed by atoms with E-state index in [4.69, 9.17) is 5.73 Å². The summed E-state index contributed by atoms with van der Waals surface area (Å²) in [5.74, 6) is 0.729. The molecule has 20 heavy (non-hydrogen) atoms. The number of nitrogens with two attached hydrogens (primary N) is 1. The molecule has 0 heterocycles. The summed E-state index contributed by atoms with van der Waals surface area (Å²) >= 11 is 0. The van der Waals surface area contributed by atoms with Gasteiger partial charge in [0.25, 0.3) is 0 Å². The summed E-state index contributed by atoms with van der Waals surface area (Å²) in [7, 11) is 0. The molecule has 1 unspecified atom stereocenters. The molecule has 4 rings (SSSR count). The van der Waals surface area contributed by atoms with Crippen LogP contribution in [-0.2, 0) is 5.41 Å². The second-order valence-corrected chi connectivity index (χ2v) is 7.39. The highest BCUT2D eigenvalue weighted by molar-refractivity contribution is 5.41. The second-order valence-electron chi connectivity index (χ2n) is 7.39. The summed E-state index contributed by atoms with van der Waals surface area (Å²) in [6, 6.07) is 10.4. The van der Waals surface area contributed by atoms with Gasteiger partial charge in [-0.15, -0.1) is 0 Å². The molecule has 2 heteroatoms. The molecule has 0 spiro atoms. The summed E-state index contributed by atoms with van der Waals surface area (Å²) < 4.78 is 0. The minimum absolute atomic E-state index is 0.368. The van der Waals surface area contributed by atoms with E-state index in [0.29, 0.717) is 11.5 Å². The van der Waals surface area contributed by atoms with Crippen molar-refractivity contribution in [3.63, 3.8) is 0 Å². The third kappa shape index (κ3) is 3.42. The highest BCUT2D eigenvalue weighted by atomic mass is 14.9. The van der Waals surface area contributed by atoms with E-state index in [2.05, 4.69) is 43.4 Å². The van der Waals surface area contributed by atoms with E-state index >= 15 is 0 Å². The standard InChI is InChI=1S/C15H21N.C3H7N/c1-15(2)9-11(10-16-12-7-8-12)13-5-3-4-6-14(13)15;4-3-1-2-3/h3-6,11-12,16H,7-10H2,1-2H3;3H,1-2,4H2. The van der Waals surface area contributed by atoms with Crippen molar-refractivity contribution in [3.8, 4) is 0 Å². The number of hydrogen-bond donors (Lipinski definition) is 2. The summed E-state index contributed by atoms with van der Waals surface area (Å²) in [5.41, 5.74) is 8.74. The highest BCUT2D eigenvalue weighted by Gasteiger charge is 2.36. The Morgan fingerprint density at radius 1 is 1.15 bits per heavy atom. The quantitative estimate of drug-likeness (QED) is 0.886. The lowest BCUT2D eigenvalue weighted by Gasteiger charge is -2.19. The third-order valence-corrected chi connectivity index (χ3v) is 4.74. The summed E-state index contributed by atoms with van der Waals surface area (Å²) in [6.45, 7) is 5.93. The van der Waals surface area contributed by atoms with Crippen LogP contribution in [0.2, 0.25) is 0 Å². The van der Waals surface area contributed by atoms with Crippen LogP contribution >= 0.6 is 0 Å². The normalized spacial score (nSPS) is 26.6. The maximum absolute atomic E-state index is 5.22. The Bertz CT molecular complexity index is 458. The lowest BCUT2D eigenvalue weighted by molar-refractivity contribution is 0.457. The molecule has 3 aliphatic rings. The molecular formula is C18H28N2. The number of benzene rings is 1. The van der Waals surface area contributed by atoms with Crippen molar-refractivity contribution in [1.82, 2.24) is 5.32 Å². The Morgan fingerprint density at radius 3 is 2.40 bits per heavy atom. The van der Waals surface area contributed by atoms with Crippen molar-refractivity contribution in [2.24, 2.45) is 5.73 Å². The monoisotopic (exact) mass is 272 g/mol. The van der Waals surface area contributed by atoms with Crippen molar-refractivity contribution in [2.75, 3.05) is 6.54 Å². The first kappa shape index (κ1) is 14.1. The molecule has 0 bridgehead atoms. The lowest BCUT2D eigenvalue weighted by Crippen LogP contribution is -2.23. The van der Waals surface area contributed by atoms with E-state index in [9.17, 15) is 0 Å². The molecular weight excluding hydrogens is 244 g/mol. The third-order valence-electron chi connectivity index (χ3n) is 4.74. The Balaban J connectivity index is 0.000000261. The van der Waals surface area contributed by atoms with E-state index < -0.39 is 0 Å². The van der Waals surface area contributed by atoms with Gasteiger partial charge in [0.05, 0.1) is 0 Å². The Kier molecular flexibility index (Phi) is 3.87. The van der Waals surface area contributed by atoms with Gasteiger partial charge in [-0.25, -0.2) is 0 Å². The smallest absolute Gasteiger partial charge is 0.00684 e. The first-order chi connectivity index (χ1) is 9.56. The maximum Gasteiger partial charge on any atom is 0.00684 e. The van der Waals surface area contributed by atoms with Crippen molar-refractivity contribution in [3.05, 3.63) is 35.4 Å². The van der Waals surface area contributed by atoms with Gasteiger partial charge in [0.2, 0.25) is 0 Å². The van der Waals surface area contributed by atoms with E-state index in [1.807, 2.05) is 0 Å². The van der Waals surface area contributed by atoms with Gasteiger partial charge in [-0.05, 0) is 54.6 Å². The van der Waals surface area contributed by atoms with Crippen LogP contribution < -0.4 is 11.1 Å². The van der Waals surface area contributed by atoms with Crippen molar-refractivity contribution in [2.45, 2.75) is 69.4 Å². The molecule has 0 aromatic heterocycles. The minimum Gasteiger partial charge on any atom is -0.328 e. The molecule has 0 saturated heterocycles. The zero-order valence-electron chi connectivity index (χ0n) is 12.9. The van der Waals surface area contributed by atoms with E-state index in [-0.39, 0.29) is 0 Å². The van der Waals surface area contributed by atoms with Gasteiger partial charge < -0.3 is 11.1 Å². The molecule has 3 N–H and O–H groups in total. The molecule has 0 aliphatic heterocycles. The molecule has 2 nitrogen and oxygen atoms in total. The van der Waals surface area contributed by atoms with Crippen LogP contribution in [-0.4, -0.2) is 18.6 Å². The van der Waals surface area contributed by atoms with Gasteiger partial charge in [-0.3, -0.25) is 0 Å². The molecule has 1 aromatic rings. The number of fused-ring (bicyclic) bond motifs is 1. The summed E-state index contributed by atoms with van der Waals surface area (Å²) in [4.78, 5) is 0. The molecule has 2 fully saturated rings. The predicted molar refractivity (Wildman–Crippen MR) is 85.1 cm³/mol. The van der Waals surface area contributed by atoms with Crippen LogP contribution in [0.3, 0.4) is 0 Å². The van der Waals surface area contributed by atoms with Crippen molar-refractivity contribution >= 4 is 0 Å². The first-order valence-corrected chi connectivity index (χ1v) is 8.14.